The molecule has 1 aromatic carbocycles. The molecule has 0 aliphatic heterocycles. The summed E-state index contributed by atoms with van der Waals surface area (Å²) >= 11 is 11.9. The lowest BCUT2D eigenvalue weighted by atomic mass is 10.1. The summed E-state index contributed by atoms with van der Waals surface area (Å²) < 4.78 is 0. The third-order valence-corrected chi connectivity index (χ3v) is 3.50. The lowest BCUT2D eigenvalue weighted by Gasteiger charge is -2.14. The molecule has 0 spiro atoms. The van der Waals surface area contributed by atoms with Crippen molar-refractivity contribution in [2.24, 2.45) is 0 Å². The number of nitrogens with zero attached hydrogens (tertiary/aromatic N) is 1. The molecule has 9 heteroatoms. The maximum Gasteiger partial charge on any atom is 0.240 e. The average molecular weight is 357 g/mol. The largest absolute Gasteiger partial charge is 0.347 e. The Bertz CT molecular complexity index is 658. The number of nitrogens with one attached hydrogen (secondary N) is 3. The average Bonchev–Trinajstić information content (AvgIpc) is 2.51. The van der Waals surface area contributed by atoms with Gasteiger partial charge in [0.15, 0.2) is 0 Å². The molecule has 1 aromatic rings. The van der Waals surface area contributed by atoms with Crippen LogP contribution < -0.4 is 16.0 Å². The number of hydrogen-bond acceptors (Lipinski definition) is 4. The minimum absolute atomic E-state index is 0.177. The summed E-state index contributed by atoms with van der Waals surface area (Å²) in [5, 5.41) is 16.6. The Kier molecular flexibility index (Phi) is 7.32. The van der Waals surface area contributed by atoms with Crippen LogP contribution in [-0.4, -0.2) is 30.8 Å². The first-order chi connectivity index (χ1) is 10.8. The fraction of sp³-hybridized carbons (Fsp3) is 0.286. The lowest BCUT2D eigenvalue weighted by Crippen LogP contribution is -2.42. The summed E-state index contributed by atoms with van der Waals surface area (Å²) in [6, 6.07) is 5.64. The molecule has 0 radical (unpaired) electrons. The molecule has 3 amide bonds. The predicted molar refractivity (Wildman–Crippen MR) is 84.7 cm³/mol. The Balaban J connectivity index is 2.58. The van der Waals surface area contributed by atoms with E-state index in [0.29, 0.717) is 5.56 Å². The molecule has 0 heterocycles. The van der Waals surface area contributed by atoms with Gasteiger partial charge in [-0.2, -0.15) is 5.26 Å². The van der Waals surface area contributed by atoms with Crippen molar-refractivity contribution < 1.29 is 14.4 Å². The molecule has 1 rings (SSSR count). The number of benzene rings is 1. The number of rotatable bonds is 6. The molecule has 0 saturated carbocycles. The first-order valence-electron chi connectivity index (χ1n) is 6.49. The van der Waals surface area contributed by atoms with Gasteiger partial charge >= 0.3 is 0 Å². The van der Waals surface area contributed by atoms with Gasteiger partial charge in [-0.15, -0.1) is 0 Å². The Hall–Kier alpha value is -2.30. The highest BCUT2D eigenvalue weighted by molar-refractivity contribution is 6.42. The van der Waals surface area contributed by atoms with Crippen molar-refractivity contribution in [1.29, 1.82) is 5.26 Å². The third-order valence-electron chi connectivity index (χ3n) is 2.67. The van der Waals surface area contributed by atoms with Crippen LogP contribution in [0.3, 0.4) is 0 Å². The number of halogens is 2. The van der Waals surface area contributed by atoms with Gasteiger partial charge in [0.1, 0.15) is 6.04 Å². The molecule has 3 N–H and O–H groups in total. The van der Waals surface area contributed by atoms with E-state index in [2.05, 4.69) is 16.0 Å². The van der Waals surface area contributed by atoms with Crippen LogP contribution >= 0.6 is 23.2 Å². The summed E-state index contributed by atoms with van der Waals surface area (Å²) in [4.78, 5) is 33.8. The zero-order valence-electron chi connectivity index (χ0n) is 12.2. The molecule has 0 fully saturated rings. The zero-order valence-corrected chi connectivity index (χ0v) is 13.7. The van der Waals surface area contributed by atoms with Crippen LogP contribution in [0, 0.1) is 11.3 Å². The first kappa shape index (κ1) is 18.7. The molecule has 0 aliphatic rings. The molecule has 23 heavy (non-hydrogen) atoms. The maximum atomic E-state index is 11.8. The van der Waals surface area contributed by atoms with E-state index in [0.717, 1.165) is 0 Å². The first-order valence-corrected chi connectivity index (χ1v) is 7.24. The van der Waals surface area contributed by atoms with Gasteiger partial charge in [0, 0.05) is 12.5 Å². The van der Waals surface area contributed by atoms with Crippen molar-refractivity contribution >= 4 is 40.9 Å². The van der Waals surface area contributed by atoms with Crippen LogP contribution in [-0.2, 0) is 14.4 Å². The molecule has 122 valence electrons. The Morgan fingerprint density at radius 1 is 1.17 bits per heavy atom. The van der Waals surface area contributed by atoms with Crippen LogP contribution in [0.4, 0.5) is 0 Å². The molecule has 0 aromatic heterocycles. The maximum absolute atomic E-state index is 11.8. The van der Waals surface area contributed by atoms with Gasteiger partial charge < -0.3 is 16.0 Å². The van der Waals surface area contributed by atoms with Crippen LogP contribution in [0.2, 0.25) is 10.0 Å². The summed E-state index contributed by atoms with van der Waals surface area (Å²) in [5.41, 5.74) is 0.361. The van der Waals surface area contributed by atoms with Gasteiger partial charge in [-0.05, 0) is 6.07 Å². The number of hydrogen-bond donors (Lipinski definition) is 3. The zero-order chi connectivity index (χ0) is 17.4. The Morgan fingerprint density at radius 3 is 2.43 bits per heavy atom. The van der Waals surface area contributed by atoms with Crippen LogP contribution in [0.5, 0.6) is 0 Å². The highest BCUT2D eigenvalue weighted by Crippen LogP contribution is 2.29. The standard InChI is InChI=1S/C14H14Cl2N4O3/c1-8(21)18-6-12(22)19-7-13(23)20-11(5-17)9-3-2-4-10(15)14(9)16/h2-4,11H,6-7H2,1H3,(H,18,21)(H,19,22)(H,20,23). The molecule has 0 saturated heterocycles. The number of carbonyl (C=O) groups excluding carboxylic acids is 3. The minimum Gasteiger partial charge on any atom is -0.347 e. The van der Waals surface area contributed by atoms with Crippen molar-refractivity contribution in [3.63, 3.8) is 0 Å². The molecular weight excluding hydrogens is 343 g/mol. The molecule has 1 atom stereocenters. The fourth-order valence-corrected chi connectivity index (χ4v) is 2.00. The van der Waals surface area contributed by atoms with Crippen molar-refractivity contribution in [1.82, 2.24) is 16.0 Å². The molecule has 7 nitrogen and oxygen atoms in total. The molecule has 0 bridgehead atoms. The summed E-state index contributed by atoms with van der Waals surface area (Å²) in [5.74, 6) is -1.46. The van der Waals surface area contributed by atoms with E-state index in [1.165, 1.54) is 6.92 Å². The highest BCUT2D eigenvalue weighted by atomic mass is 35.5. The molecular formula is C14H14Cl2N4O3. The van der Waals surface area contributed by atoms with Gasteiger partial charge in [0.05, 0.1) is 29.2 Å². The predicted octanol–water partition coefficient (Wildman–Crippen LogP) is 0.927. The molecule has 0 aliphatic carbocycles. The van der Waals surface area contributed by atoms with Gasteiger partial charge in [0.2, 0.25) is 17.7 Å². The second kappa shape index (κ2) is 8.98. The van der Waals surface area contributed by atoms with E-state index < -0.39 is 17.9 Å². The monoisotopic (exact) mass is 356 g/mol. The van der Waals surface area contributed by atoms with E-state index in [4.69, 9.17) is 28.5 Å². The second-order valence-corrected chi connectivity index (χ2v) is 5.24. The Labute approximate surface area is 142 Å². The summed E-state index contributed by atoms with van der Waals surface area (Å²) in [6.45, 7) is 0.700. The molecule has 1 unspecified atom stereocenters. The van der Waals surface area contributed by atoms with E-state index in [-0.39, 0.29) is 29.0 Å². The minimum atomic E-state index is -0.999. The van der Waals surface area contributed by atoms with Crippen LogP contribution in [0.1, 0.15) is 18.5 Å². The van der Waals surface area contributed by atoms with Gasteiger partial charge in [-0.25, -0.2) is 0 Å². The van der Waals surface area contributed by atoms with Crippen molar-refractivity contribution in [2.45, 2.75) is 13.0 Å². The Morgan fingerprint density at radius 2 is 1.83 bits per heavy atom. The van der Waals surface area contributed by atoms with Gasteiger partial charge in [-0.1, -0.05) is 35.3 Å². The third kappa shape index (κ3) is 6.14. The number of nitriles is 1. The van der Waals surface area contributed by atoms with E-state index in [1.807, 2.05) is 6.07 Å². The van der Waals surface area contributed by atoms with E-state index >= 15 is 0 Å². The quantitative estimate of drug-likeness (QED) is 0.703. The van der Waals surface area contributed by atoms with Crippen LogP contribution in [0.15, 0.2) is 18.2 Å². The van der Waals surface area contributed by atoms with Crippen molar-refractivity contribution in [2.75, 3.05) is 13.1 Å². The number of carbonyl (C=O) groups is 3. The summed E-state index contributed by atoms with van der Waals surface area (Å²) in [7, 11) is 0. The number of amides is 3. The second-order valence-electron chi connectivity index (χ2n) is 4.46. The summed E-state index contributed by atoms with van der Waals surface area (Å²) in [6.07, 6.45) is 0. The van der Waals surface area contributed by atoms with Gasteiger partial charge in [0.25, 0.3) is 0 Å². The normalized spacial score (nSPS) is 11.0. The SMILES string of the molecule is CC(=O)NCC(=O)NCC(=O)NC(C#N)c1cccc(Cl)c1Cl. The topological polar surface area (TPSA) is 111 Å². The highest BCUT2D eigenvalue weighted by Gasteiger charge is 2.18. The van der Waals surface area contributed by atoms with E-state index in [9.17, 15) is 14.4 Å². The van der Waals surface area contributed by atoms with Gasteiger partial charge in [-0.3, -0.25) is 14.4 Å². The van der Waals surface area contributed by atoms with Crippen molar-refractivity contribution in [3.05, 3.63) is 33.8 Å². The van der Waals surface area contributed by atoms with Crippen molar-refractivity contribution in [3.8, 4) is 6.07 Å². The van der Waals surface area contributed by atoms with E-state index in [1.54, 1.807) is 18.2 Å². The fourth-order valence-electron chi connectivity index (χ4n) is 1.58. The lowest BCUT2D eigenvalue weighted by molar-refractivity contribution is -0.127. The smallest absolute Gasteiger partial charge is 0.240 e. The van der Waals surface area contributed by atoms with Crippen LogP contribution in [0.25, 0.3) is 0 Å².